The van der Waals surface area contributed by atoms with E-state index in [1.165, 1.54) is 28.3 Å². The lowest BCUT2D eigenvalue weighted by molar-refractivity contribution is -0.137. The maximum Gasteiger partial charge on any atom is 0.416 e. The van der Waals surface area contributed by atoms with Gasteiger partial charge in [0.25, 0.3) is 0 Å². The van der Waals surface area contributed by atoms with Gasteiger partial charge in [0.2, 0.25) is 0 Å². The Hall–Kier alpha value is -2.73. The molecule has 6 heteroatoms. The summed E-state index contributed by atoms with van der Waals surface area (Å²) in [5, 5.41) is 0.719. The van der Waals surface area contributed by atoms with Crippen LogP contribution in [-0.4, -0.2) is 9.55 Å². The number of benzene rings is 3. The molecule has 0 amide bonds. The van der Waals surface area contributed by atoms with Crippen molar-refractivity contribution < 1.29 is 13.2 Å². The van der Waals surface area contributed by atoms with Crippen LogP contribution in [0.2, 0.25) is 0 Å². The number of alkyl halides is 3. The van der Waals surface area contributed by atoms with Crippen molar-refractivity contribution in [1.82, 2.24) is 9.55 Å². The monoisotopic (exact) mass is 482 g/mol. The summed E-state index contributed by atoms with van der Waals surface area (Å²) in [6.07, 6.45) is -4.40. The van der Waals surface area contributed by atoms with Gasteiger partial charge in [-0.2, -0.15) is 13.2 Å². The fourth-order valence-electron chi connectivity index (χ4n) is 4.10. The summed E-state index contributed by atoms with van der Waals surface area (Å²) < 4.78 is 41.9. The number of imidazole rings is 1. The fraction of sp³-hybridized carbons (Fsp3) is 0.321. The van der Waals surface area contributed by atoms with Gasteiger partial charge in [-0.05, 0) is 65.3 Å². The number of aryl methyl sites for hydroxylation is 2. The maximum absolute atomic E-state index is 13.3. The van der Waals surface area contributed by atoms with Gasteiger partial charge < -0.3 is 4.57 Å². The average molecular weight is 483 g/mol. The predicted octanol–water partition coefficient (Wildman–Crippen LogP) is 8.31. The molecule has 3 aromatic carbocycles. The number of hydrogen-bond donors (Lipinski definition) is 0. The second kappa shape index (κ2) is 9.14. The number of hydrogen-bond acceptors (Lipinski definition) is 2. The standard InChI is InChI=1S/C28H29F3N2S/c1-18-13-22(27(3,4)5)14-19(2)23(18)17-34-26-32-24-15-21(28(29,30)31)11-12-25(24)33(26)16-20-9-7-6-8-10-20/h6-15H,16-17H2,1-5H3. The van der Waals surface area contributed by atoms with Crippen molar-refractivity contribution in [3.05, 3.63) is 94.0 Å². The Balaban J connectivity index is 1.72. The van der Waals surface area contributed by atoms with Gasteiger partial charge in [0.05, 0.1) is 23.1 Å². The normalized spacial score (nSPS) is 12.5. The first-order valence-electron chi connectivity index (χ1n) is 11.3. The molecule has 1 heterocycles. The summed E-state index contributed by atoms with van der Waals surface area (Å²) in [5.74, 6) is 0.701. The second-order valence-corrected chi connectivity index (χ2v) is 10.7. The predicted molar refractivity (Wildman–Crippen MR) is 134 cm³/mol. The van der Waals surface area contributed by atoms with Crippen LogP contribution in [0.1, 0.15) is 54.2 Å². The number of rotatable bonds is 5. The molecule has 0 atom stereocenters. The van der Waals surface area contributed by atoms with Gasteiger partial charge in [0, 0.05) is 5.75 Å². The minimum Gasteiger partial charge on any atom is -0.314 e. The van der Waals surface area contributed by atoms with Crippen LogP contribution in [0, 0.1) is 13.8 Å². The van der Waals surface area contributed by atoms with Crippen LogP contribution in [0.25, 0.3) is 11.0 Å². The highest BCUT2D eigenvalue weighted by molar-refractivity contribution is 7.98. The molecule has 0 spiro atoms. The molecule has 4 aromatic rings. The van der Waals surface area contributed by atoms with E-state index in [2.05, 4.69) is 51.7 Å². The van der Waals surface area contributed by atoms with Gasteiger partial charge in [0.15, 0.2) is 5.16 Å². The summed E-state index contributed by atoms with van der Waals surface area (Å²) in [7, 11) is 0. The number of thioether (sulfide) groups is 1. The molecule has 1 aromatic heterocycles. The highest BCUT2D eigenvalue weighted by atomic mass is 32.2. The number of aromatic nitrogens is 2. The SMILES string of the molecule is Cc1cc(C(C)(C)C)cc(C)c1CSc1nc2cc(C(F)(F)F)ccc2n1Cc1ccccc1. The lowest BCUT2D eigenvalue weighted by Gasteiger charge is -2.22. The van der Waals surface area contributed by atoms with Crippen molar-refractivity contribution in [1.29, 1.82) is 0 Å². The van der Waals surface area contributed by atoms with Gasteiger partial charge in [-0.1, -0.05) is 75.0 Å². The van der Waals surface area contributed by atoms with Crippen molar-refractivity contribution in [2.45, 2.75) is 63.7 Å². The Morgan fingerprint density at radius 3 is 2.09 bits per heavy atom. The molecule has 0 aliphatic carbocycles. The van der Waals surface area contributed by atoms with Crippen molar-refractivity contribution >= 4 is 22.8 Å². The van der Waals surface area contributed by atoms with E-state index in [-0.39, 0.29) is 5.41 Å². The second-order valence-electron chi connectivity index (χ2n) is 9.79. The molecule has 4 rings (SSSR count). The first-order valence-corrected chi connectivity index (χ1v) is 12.3. The minimum atomic E-state index is -4.40. The summed E-state index contributed by atoms with van der Waals surface area (Å²) in [5.41, 5.74) is 6.53. The maximum atomic E-state index is 13.3. The fourth-order valence-corrected chi connectivity index (χ4v) is 5.31. The third kappa shape index (κ3) is 5.17. The molecular weight excluding hydrogens is 453 g/mol. The van der Waals surface area contributed by atoms with Gasteiger partial charge in [0.1, 0.15) is 0 Å². The van der Waals surface area contributed by atoms with Gasteiger partial charge in [-0.25, -0.2) is 4.98 Å². The molecular formula is C28H29F3N2S. The number of nitrogens with zero attached hydrogens (tertiary/aromatic N) is 2. The van der Waals surface area contributed by atoms with Crippen LogP contribution in [0.3, 0.4) is 0 Å². The lowest BCUT2D eigenvalue weighted by Crippen LogP contribution is -2.12. The first kappa shape index (κ1) is 24.4. The Morgan fingerprint density at radius 1 is 0.853 bits per heavy atom. The van der Waals surface area contributed by atoms with Crippen LogP contribution < -0.4 is 0 Å². The van der Waals surface area contributed by atoms with Crippen LogP contribution in [0.5, 0.6) is 0 Å². The van der Waals surface area contributed by atoms with Crippen LogP contribution in [0.4, 0.5) is 13.2 Å². The van der Waals surface area contributed by atoms with Gasteiger partial charge in [-0.15, -0.1) is 0 Å². The van der Waals surface area contributed by atoms with Crippen molar-refractivity contribution in [3.63, 3.8) is 0 Å². The van der Waals surface area contributed by atoms with Crippen molar-refractivity contribution in [3.8, 4) is 0 Å². The Labute approximate surface area is 203 Å². The summed E-state index contributed by atoms with van der Waals surface area (Å²) in [4.78, 5) is 4.64. The quantitative estimate of drug-likeness (QED) is 0.266. The molecule has 0 unspecified atom stereocenters. The lowest BCUT2D eigenvalue weighted by atomic mass is 9.84. The third-order valence-corrected chi connectivity index (χ3v) is 7.13. The molecule has 178 valence electrons. The van der Waals surface area contributed by atoms with Gasteiger partial charge >= 0.3 is 6.18 Å². The highest BCUT2D eigenvalue weighted by Crippen LogP contribution is 2.35. The largest absolute Gasteiger partial charge is 0.416 e. The van der Waals surface area contributed by atoms with E-state index in [4.69, 9.17) is 0 Å². The Bertz CT molecular complexity index is 1290. The molecule has 34 heavy (non-hydrogen) atoms. The zero-order valence-electron chi connectivity index (χ0n) is 20.1. The molecule has 0 fully saturated rings. The minimum absolute atomic E-state index is 0.0705. The Kier molecular flexibility index (Phi) is 6.56. The van der Waals surface area contributed by atoms with E-state index < -0.39 is 11.7 Å². The number of halogens is 3. The number of fused-ring (bicyclic) bond motifs is 1. The molecule has 0 N–H and O–H groups in total. The zero-order chi connectivity index (χ0) is 24.7. The average Bonchev–Trinajstić information content (AvgIpc) is 3.09. The van der Waals surface area contributed by atoms with Crippen molar-refractivity contribution in [2.24, 2.45) is 0 Å². The van der Waals surface area contributed by atoms with Crippen LogP contribution >= 0.6 is 11.8 Å². The Morgan fingerprint density at radius 2 is 1.50 bits per heavy atom. The van der Waals surface area contributed by atoms with Crippen molar-refractivity contribution in [2.75, 3.05) is 0 Å². The molecule has 0 aliphatic heterocycles. The molecule has 0 bridgehead atoms. The third-order valence-electron chi connectivity index (χ3n) is 6.13. The highest BCUT2D eigenvalue weighted by Gasteiger charge is 2.31. The van der Waals surface area contributed by atoms with Crippen LogP contribution in [0.15, 0.2) is 65.8 Å². The molecule has 0 saturated heterocycles. The summed E-state index contributed by atoms with van der Waals surface area (Å²) in [6.45, 7) is 11.4. The van der Waals surface area contributed by atoms with E-state index in [0.29, 0.717) is 23.3 Å². The zero-order valence-corrected chi connectivity index (χ0v) is 20.9. The topological polar surface area (TPSA) is 17.8 Å². The van der Waals surface area contributed by atoms with E-state index in [1.807, 2.05) is 34.9 Å². The first-order chi connectivity index (χ1) is 15.9. The molecule has 0 radical (unpaired) electrons. The van der Waals surface area contributed by atoms with E-state index >= 15 is 0 Å². The smallest absolute Gasteiger partial charge is 0.314 e. The summed E-state index contributed by atoms with van der Waals surface area (Å²) >= 11 is 1.57. The summed E-state index contributed by atoms with van der Waals surface area (Å²) in [6, 6.07) is 18.2. The van der Waals surface area contributed by atoms with Crippen LogP contribution in [-0.2, 0) is 23.9 Å². The van der Waals surface area contributed by atoms with E-state index in [9.17, 15) is 13.2 Å². The molecule has 2 nitrogen and oxygen atoms in total. The van der Waals surface area contributed by atoms with E-state index in [1.54, 1.807) is 11.8 Å². The van der Waals surface area contributed by atoms with E-state index in [0.717, 1.165) is 22.9 Å². The molecule has 0 saturated carbocycles. The molecule has 0 aliphatic rings. The van der Waals surface area contributed by atoms with Gasteiger partial charge in [-0.3, -0.25) is 0 Å².